The molecular formula is C24H25N3O3. The number of benzene rings is 3. The van der Waals surface area contributed by atoms with Crippen molar-refractivity contribution in [3.63, 3.8) is 0 Å². The minimum atomic E-state index is -0.659. The van der Waals surface area contributed by atoms with Gasteiger partial charge in [0.2, 0.25) is 5.91 Å². The van der Waals surface area contributed by atoms with Crippen LogP contribution in [0.1, 0.15) is 18.5 Å². The Balaban J connectivity index is 1.51. The molecule has 154 valence electrons. The van der Waals surface area contributed by atoms with Gasteiger partial charge in [-0.25, -0.2) is 0 Å². The van der Waals surface area contributed by atoms with E-state index in [1.54, 1.807) is 7.05 Å². The number of para-hydroxylation sites is 2. The van der Waals surface area contributed by atoms with E-state index in [9.17, 15) is 9.59 Å². The number of hydrogen-bond donors (Lipinski definition) is 2. The number of nitrogens with zero attached hydrogens (tertiary/aromatic N) is 1. The molecule has 0 saturated carbocycles. The average Bonchev–Trinajstić information content (AvgIpc) is 2.77. The third-order valence-electron chi connectivity index (χ3n) is 5.40. The molecule has 2 atom stereocenters. The first-order chi connectivity index (χ1) is 14.6. The number of amides is 2. The first-order valence-corrected chi connectivity index (χ1v) is 10.1. The van der Waals surface area contributed by atoms with Gasteiger partial charge in [-0.2, -0.15) is 0 Å². The summed E-state index contributed by atoms with van der Waals surface area (Å²) in [6, 6.07) is 21.6. The lowest BCUT2D eigenvalue weighted by Gasteiger charge is -2.35. The third-order valence-corrected chi connectivity index (χ3v) is 5.40. The monoisotopic (exact) mass is 403 g/mol. The molecule has 3 aromatic carbocycles. The van der Waals surface area contributed by atoms with Crippen LogP contribution in [0, 0.1) is 0 Å². The van der Waals surface area contributed by atoms with Crippen molar-refractivity contribution in [1.29, 1.82) is 0 Å². The molecule has 2 amide bonds. The van der Waals surface area contributed by atoms with Crippen LogP contribution in [0.2, 0.25) is 0 Å². The van der Waals surface area contributed by atoms with Crippen molar-refractivity contribution in [3.8, 4) is 5.75 Å². The van der Waals surface area contributed by atoms with Gasteiger partial charge in [0, 0.05) is 7.05 Å². The molecule has 0 radical (unpaired) electrons. The maximum Gasteiger partial charge on any atom is 0.262 e. The summed E-state index contributed by atoms with van der Waals surface area (Å²) in [7, 11) is 1.58. The molecule has 0 aliphatic carbocycles. The summed E-state index contributed by atoms with van der Waals surface area (Å²) in [5.41, 5.74) is 1.89. The van der Waals surface area contributed by atoms with Gasteiger partial charge in [0.1, 0.15) is 5.75 Å². The molecule has 1 heterocycles. The van der Waals surface area contributed by atoms with Gasteiger partial charge in [-0.3, -0.25) is 9.59 Å². The summed E-state index contributed by atoms with van der Waals surface area (Å²) in [5.74, 6) is 0.286. The van der Waals surface area contributed by atoms with E-state index in [-0.39, 0.29) is 24.4 Å². The fraction of sp³-hybridized carbons (Fsp3) is 0.250. The van der Waals surface area contributed by atoms with Gasteiger partial charge < -0.3 is 20.3 Å². The Labute approximate surface area is 175 Å². The normalized spacial score (nSPS) is 16.3. The predicted molar refractivity (Wildman–Crippen MR) is 118 cm³/mol. The smallest absolute Gasteiger partial charge is 0.262 e. The molecule has 1 aliphatic rings. The fourth-order valence-electron chi connectivity index (χ4n) is 3.92. The van der Waals surface area contributed by atoms with E-state index in [0.29, 0.717) is 12.3 Å². The Morgan fingerprint density at radius 3 is 2.63 bits per heavy atom. The lowest BCUT2D eigenvalue weighted by atomic mass is 10.00. The van der Waals surface area contributed by atoms with Crippen LogP contribution in [0.25, 0.3) is 10.8 Å². The topological polar surface area (TPSA) is 70.7 Å². The Bertz CT molecular complexity index is 1080. The molecule has 2 N–H and O–H groups in total. The summed E-state index contributed by atoms with van der Waals surface area (Å²) in [6.45, 7) is 2.44. The standard InChI is InChI=1S/C24H25N3O3/c1-16(18-11-7-9-17-8-3-4-10-19(17)18)26-23(28)15-27-14-22(24(29)25-2)30-21-13-6-5-12-20(21)27/h3-13,16,22H,14-15H2,1-2H3,(H,25,29)(H,26,28)/t16-,22-/m1/s1. The third kappa shape index (κ3) is 3.94. The minimum Gasteiger partial charge on any atom is -0.477 e. The zero-order chi connectivity index (χ0) is 21.1. The summed E-state index contributed by atoms with van der Waals surface area (Å²) < 4.78 is 5.81. The number of hydrogen-bond acceptors (Lipinski definition) is 4. The molecular weight excluding hydrogens is 378 g/mol. The van der Waals surface area contributed by atoms with Crippen molar-refractivity contribution in [3.05, 3.63) is 72.3 Å². The number of ether oxygens (including phenoxy) is 1. The van der Waals surface area contributed by atoms with Crippen LogP contribution in [0.5, 0.6) is 5.75 Å². The van der Waals surface area contributed by atoms with E-state index in [1.165, 1.54) is 0 Å². The molecule has 0 spiro atoms. The van der Waals surface area contributed by atoms with Gasteiger partial charge in [0.15, 0.2) is 6.10 Å². The molecule has 0 bridgehead atoms. The van der Waals surface area contributed by atoms with E-state index in [1.807, 2.05) is 60.4 Å². The van der Waals surface area contributed by atoms with Gasteiger partial charge in [0.05, 0.1) is 24.8 Å². The van der Waals surface area contributed by atoms with Crippen LogP contribution in [0.4, 0.5) is 5.69 Å². The van der Waals surface area contributed by atoms with Gasteiger partial charge in [-0.1, -0.05) is 54.6 Å². The van der Waals surface area contributed by atoms with Gasteiger partial charge in [-0.15, -0.1) is 0 Å². The maximum atomic E-state index is 12.9. The number of carbonyl (C=O) groups excluding carboxylic acids is 2. The first-order valence-electron chi connectivity index (χ1n) is 10.1. The molecule has 6 nitrogen and oxygen atoms in total. The second-order valence-corrected chi connectivity index (χ2v) is 7.43. The lowest BCUT2D eigenvalue weighted by Crippen LogP contribution is -2.50. The largest absolute Gasteiger partial charge is 0.477 e. The minimum absolute atomic E-state index is 0.109. The van der Waals surface area contributed by atoms with Crippen molar-refractivity contribution in [1.82, 2.24) is 10.6 Å². The molecule has 0 aromatic heterocycles. The van der Waals surface area contributed by atoms with Crippen LogP contribution >= 0.6 is 0 Å². The van der Waals surface area contributed by atoms with E-state index >= 15 is 0 Å². The van der Waals surface area contributed by atoms with E-state index in [4.69, 9.17) is 4.74 Å². The Kier molecular flexibility index (Phi) is 5.57. The predicted octanol–water partition coefficient (Wildman–Crippen LogP) is 3.03. The number of likely N-dealkylation sites (N-methyl/N-ethyl adjacent to an activating group) is 1. The van der Waals surface area contributed by atoms with Crippen molar-refractivity contribution >= 4 is 28.3 Å². The van der Waals surface area contributed by atoms with Crippen molar-refractivity contribution in [2.75, 3.05) is 25.0 Å². The Morgan fingerprint density at radius 2 is 1.80 bits per heavy atom. The van der Waals surface area contributed by atoms with Gasteiger partial charge in [0.25, 0.3) is 5.91 Å². The molecule has 6 heteroatoms. The van der Waals surface area contributed by atoms with Crippen molar-refractivity contribution < 1.29 is 14.3 Å². The number of rotatable bonds is 5. The average molecular weight is 403 g/mol. The molecule has 0 saturated heterocycles. The molecule has 30 heavy (non-hydrogen) atoms. The fourth-order valence-corrected chi connectivity index (χ4v) is 3.92. The second-order valence-electron chi connectivity index (χ2n) is 7.43. The summed E-state index contributed by atoms with van der Waals surface area (Å²) in [6.07, 6.45) is -0.659. The number of anilines is 1. The zero-order valence-corrected chi connectivity index (χ0v) is 17.1. The highest BCUT2D eigenvalue weighted by Gasteiger charge is 2.31. The number of carbonyl (C=O) groups is 2. The summed E-state index contributed by atoms with van der Waals surface area (Å²) in [5, 5.41) is 8.00. The quantitative estimate of drug-likeness (QED) is 0.687. The highest BCUT2D eigenvalue weighted by atomic mass is 16.5. The Hall–Kier alpha value is -3.54. The second kappa shape index (κ2) is 8.45. The van der Waals surface area contributed by atoms with Crippen molar-refractivity contribution in [2.24, 2.45) is 0 Å². The summed E-state index contributed by atoms with van der Waals surface area (Å²) >= 11 is 0. The van der Waals surface area contributed by atoms with Crippen LogP contribution in [0.15, 0.2) is 66.7 Å². The van der Waals surface area contributed by atoms with Gasteiger partial charge in [-0.05, 0) is 35.4 Å². The van der Waals surface area contributed by atoms with E-state index < -0.39 is 6.10 Å². The highest BCUT2D eigenvalue weighted by molar-refractivity contribution is 5.88. The molecule has 3 aromatic rings. The zero-order valence-electron chi connectivity index (χ0n) is 17.1. The number of fused-ring (bicyclic) bond motifs is 2. The maximum absolute atomic E-state index is 12.9. The molecule has 0 unspecified atom stereocenters. The van der Waals surface area contributed by atoms with Gasteiger partial charge >= 0.3 is 0 Å². The lowest BCUT2D eigenvalue weighted by molar-refractivity contribution is -0.127. The number of nitrogens with one attached hydrogen (secondary N) is 2. The molecule has 0 fully saturated rings. The highest BCUT2D eigenvalue weighted by Crippen LogP contribution is 2.33. The van der Waals surface area contributed by atoms with Crippen LogP contribution in [-0.4, -0.2) is 38.1 Å². The Morgan fingerprint density at radius 1 is 1.07 bits per heavy atom. The summed E-state index contributed by atoms with van der Waals surface area (Å²) in [4.78, 5) is 26.9. The van der Waals surface area contributed by atoms with Crippen LogP contribution in [0.3, 0.4) is 0 Å². The van der Waals surface area contributed by atoms with Crippen molar-refractivity contribution in [2.45, 2.75) is 19.1 Å². The van der Waals surface area contributed by atoms with Crippen LogP contribution in [-0.2, 0) is 9.59 Å². The SMILES string of the molecule is CNC(=O)[C@H]1CN(CC(=O)N[C@H](C)c2cccc3ccccc23)c2ccccc2O1. The van der Waals surface area contributed by atoms with E-state index in [2.05, 4.69) is 28.8 Å². The molecule has 4 rings (SSSR count). The van der Waals surface area contributed by atoms with E-state index in [0.717, 1.165) is 22.0 Å². The first kappa shape index (κ1) is 19.8. The van der Waals surface area contributed by atoms with Crippen LogP contribution < -0.4 is 20.3 Å². The molecule has 1 aliphatic heterocycles.